The van der Waals surface area contributed by atoms with Crippen LogP contribution in [0.5, 0.6) is 0 Å². The third-order valence-corrected chi connectivity index (χ3v) is 4.23. The lowest BCUT2D eigenvalue weighted by Crippen LogP contribution is -1.94. The van der Waals surface area contributed by atoms with Gasteiger partial charge in [-0.05, 0) is 30.0 Å². The lowest BCUT2D eigenvalue weighted by atomic mass is 9.99. The van der Waals surface area contributed by atoms with Gasteiger partial charge in [0.15, 0.2) is 0 Å². The first-order chi connectivity index (χ1) is 10.4. The standard InChI is InChI=1S/C18H17N2S/c1-2-3-9-15-10-16(14-7-5-4-6-8-14)17(11-20-15)18-12-19-13-21-18/h4-8,10,12-13H,2-3,9H2,1H3. The van der Waals surface area contributed by atoms with Crippen molar-refractivity contribution in [2.45, 2.75) is 26.2 Å². The van der Waals surface area contributed by atoms with Crippen molar-refractivity contribution in [2.24, 2.45) is 0 Å². The van der Waals surface area contributed by atoms with E-state index in [1.54, 1.807) is 11.3 Å². The maximum absolute atomic E-state index is 4.51. The van der Waals surface area contributed by atoms with Crippen LogP contribution in [-0.2, 0) is 6.42 Å². The SMILES string of the molecule is CCCCc1cc(-c2ccccc2)c(-c2cncs2)[c]n1. The molecular formula is C18H17N2S. The van der Waals surface area contributed by atoms with Crippen molar-refractivity contribution in [1.82, 2.24) is 9.97 Å². The Morgan fingerprint density at radius 2 is 2.05 bits per heavy atom. The van der Waals surface area contributed by atoms with Crippen LogP contribution in [0.1, 0.15) is 25.5 Å². The summed E-state index contributed by atoms with van der Waals surface area (Å²) < 4.78 is 0. The minimum Gasteiger partial charge on any atom is -0.252 e. The summed E-state index contributed by atoms with van der Waals surface area (Å²) in [6, 6.07) is 12.7. The maximum atomic E-state index is 4.51. The zero-order valence-electron chi connectivity index (χ0n) is 12.0. The van der Waals surface area contributed by atoms with Gasteiger partial charge in [0, 0.05) is 17.5 Å². The number of benzene rings is 1. The van der Waals surface area contributed by atoms with Crippen LogP contribution in [0.25, 0.3) is 21.6 Å². The molecule has 0 fully saturated rings. The average Bonchev–Trinajstić information content (AvgIpc) is 3.08. The summed E-state index contributed by atoms with van der Waals surface area (Å²) in [4.78, 5) is 9.80. The fourth-order valence-electron chi connectivity index (χ4n) is 2.32. The van der Waals surface area contributed by atoms with Crippen molar-refractivity contribution in [3.05, 3.63) is 60.0 Å². The first-order valence-electron chi connectivity index (χ1n) is 7.24. The molecule has 105 valence electrons. The summed E-state index contributed by atoms with van der Waals surface area (Å²) in [5, 5.41) is 0. The van der Waals surface area contributed by atoms with Crippen LogP contribution in [0, 0.1) is 6.20 Å². The van der Waals surface area contributed by atoms with E-state index in [4.69, 9.17) is 0 Å². The average molecular weight is 293 g/mol. The van der Waals surface area contributed by atoms with Gasteiger partial charge in [-0.25, -0.2) is 0 Å². The Morgan fingerprint density at radius 1 is 1.19 bits per heavy atom. The third-order valence-electron chi connectivity index (χ3n) is 3.44. The monoisotopic (exact) mass is 293 g/mol. The molecule has 0 saturated heterocycles. The topological polar surface area (TPSA) is 25.8 Å². The highest BCUT2D eigenvalue weighted by molar-refractivity contribution is 7.13. The molecule has 0 aliphatic carbocycles. The molecule has 3 aromatic rings. The summed E-state index contributed by atoms with van der Waals surface area (Å²) in [7, 11) is 0. The number of hydrogen-bond acceptors (Lipinski definition) is 3. The molecule has 2 nitrogen and oxygen atoms in total. The summed E-state index contributed by atoms with van der Waals surface area (Å²) in [5.74, 6) is 0. The van der Waals surface area contributed by atoms with Gasteiger partial charge in [-0.3, -0.25) is 9.97 Å². The van der Waals surface area contributed by atoms with Crippen molar-refractivity contribution >= 4 is 11.3 Å². The first kappa shape index (κ1) is 14.0. The normalized spacial score (nSPS) is 10.7. The van der Waals surface area contributed by atoms with Gasteiger partial charge in [-0.15, -0.1) is 11.3 Å². The van der Waals surface area contributed by atoms with Crippen LogP contribution in [0.15, 0.2) is 48.1 Å². The third kappa shape index (κ3) is 3.19. The molecule has 0 atom stereocenters. The highest BCUT2D eigenvalue weighted by Crippen LogP contribution is 2.33. The van der Waals surface area contributed by atoms with Crippen LogP contribution in [0.4, 0.5) is 0 Å². The van der Waals surface area contributed by atoms with Crippen molar-refractivity contribution in [3.8, 4) is 21.6 Å². The lowest BCUT2D eigenvalue weighted by molar-refractivity contribution is 0.777. The van der Waals surface area contributed by atoms with Gasteiger partial charge in [0.05, 0.1) is 16.6 Å². The van der Waals surface area contributed by atoms with Crippen LogP contribution in [0.3, 0.4) is 0 Å². The predicted octanol–water partition coefficient (Wildman–Crippen LogP) is 5.01. The van der Waals surface area contributed by atoms with E-state index >= 15 is 0 Å². The van der Waals surface area contributed by atoms with Crippen LogP contribution < -0.4 is 0 Å². The molecule has 2 heterocycles. The van der Waals surface area contributed by atoms with Crippen molar-refractivity contribution in [2.75, 3.05) is 0 Å². The Bertz CT molecular complexity index is 691. The van der Waals surface area contributed by atoms with E-state index in [2.05, 4.69) is 53.4 Å². The van der Waals surface area contributed by atoms with Crippen molar-refractivity contribution in [3.63, 3.8) is 0 Å². The molecule has 3 rings (SSSR count). The molecule has 0 aliphatic heterocycles. The number of pyridine rings is 1. The van der Waals surface area contributed by atoms with Gasteiger partial charge >= 0.3 is 0 Å². The molecule has 0 unspecified atom stereocenters. The fourth-order valence-corrected chi connectivity index (χ4v) is 2.95. The zero-order valence-corrected chi connectivity index (χ0v) is 12.9. The molecule has 0 N–H and O–H groups in total. The van der Waals surface area contributed by atoms with Gasteiger partial charge in [0.25, 0.3) is 0 Å². The van der Waals surface area contributed by atoms with E-state index in [9.17, 15) is 0 Å². The Hall–Kier alpha value is -2.00. The summed E-state index contributed by atoms with van der Waals surface area (Å²) in [6.45, 7) is 2.20. The molecule has 3 heteroatoms. The summed E-state index contributed by atoms with van der Waals surface area (Å²) in [6.07, 6.45) is 8.47. The second kappa shape index (κ2) is 6.64. The van der Waals surface area contributed by atoms with E-state index in [0.29, 0.717) is 0 Å². The quantitative estimate of drug-likeness (QED) is 0.660. The Kier molecular flexibility index (Phi) is 4.41. The van der Waals surface area contributed by atoms with Gasteiger partial charge in [-0.1, -0.05) is 43.7 Å². The van der Waals surface area contributed by atoms with Crippen molar-refractivity contribution < 1.29 is 0 Å². The second-order valence-electron chi connectivity index (χ2n) is 4.98. The molecule has 0 amide bonds. The molecule has 0 aliphatic rings. The smallest absolute Gasteiger partial charge is 0.0989 e. The molecule has 2 aromatic heterocycles. The number of nitrogens with zero attached hydrogens (tertiary/aromatic N) is 2. The molecule has 21 heavy (non-hydrogen) atoms. The van der Waals surface area contributed by atoms with Crippen molar-refractivity contribution in [1.29, 1.82) is 0 Å². The van der Waals surface area contributed by atoms with Gasteiger partial charge in [0.1, 0.15) is 0 Å². The second-order valence-corrected chi connectivity index (χ2v) is 5.87. The summed E-state index contributed by atoms with van der Waals surface area (Å²) >= 11 is 1.63. The number of unbranched alkanes of at least 4 members (excludes halogenated alkanes) is 1. The predicted molar refractivity (Wildman–Crippen MR) is 88.2 cm³/mol. The number of thiazole rings is 1. The Morgan fingerprint density at radius 3 is 2.76 bits per heavy atom. The van der Waals surface area contributed by atoms with Gasteiger partial charge in [-0.2, -0.15) is 0 Å². The molecule has 1 aromatic carbocycles. The van der Waals surface area contributed by atoms with Gasteiger partial charge in [0.2, 0.25) is 0 Å². The number of aromatic nitrogens is 2. The van der Waals surface area contributed by atoms with Crippen LogP contribution >= 0.6 is 11.3 Å². The molecular weight excluding hydrogens is 276 g/mol. The van der Waals surface area contributed by atoms with E-state index < -0.39 is 0 Å². The number of hydrogen-bond donors (Lipinski definition) is 0. The van der Waals surface area contributed by atoms with E-state index in [-0.39, 0.29) is 0 Å². The Labute approximate surface area is 129 Å². The maximum Gasteiger partial charge on any atom is 0.0989 e. The molecule has 0 saturated carbocycles. The highest BCUT2D eigenvalue weighted by Gasteiger charge is 2.11. The van der Waals surface area contributed by atoms with Gasteiger partial charge < -0.3 is 0 Å². The number of rotatable bonds is 5. The first-order valence-corrected chi connectivity index (χ1v) is 8.12. The largest absolute Gasteiger partial charge is 0.252 e. The van der Waals surface area contributed by atoms with Crippen LogP contribution in [-0.4, -0.2) is 9.97 Å². The molecule has 1 radical (unpaired) electrons. The lowest BCUT2D eigenvalue weighted by Gasteiger charge is -2.09. The highest BCUT2D eigenvalue weighted by atomic mass is 32.1. The zero-order chi connectivity index (χ0) is 14.5. The van der Waals surface area contributed by atoms with E-state index in [1.165, 1.54) is 17.5 Å². The number of aryl methyl sites for hydroxylation is 1. The Balaban J connectivity index is 2.08. The van der Waals surface area contributed by atoms with Crippen LogP contribution in [0.2, 0.25) is 0 Å². The summed E-state index contributed by atoms with van der Waals surface area (Å²) in [5.41, 5.74) is 6.41. The molecule has 0 bridgehead atoms. The van der Waals surface area contributed by atoms with E-state index in [0.717, 1.165) is 29.0 Å². The fraction of sp³-hybridized carbons (Fsp3) is 0.222. The molecule has 0 spiro atoms. The van der Waals surface area contributed by atoms with E-state index in [1.807, 2.05) is 17.8 Å². The minimum atomic E-state index is 1.01. The minimum absolute atomic E-state index is 1.01.